The summed E-state index contributed by atoms with van der Waals surface area (Å²) in [4.78, 5) is 24.1. The van der Waals surface area contributed by atoms with Crippen LogP contribution in [0.4, 0.5) is 11.4 Å². The Hall–Kier alpha value is -4.86. The number of aromatic nitrogens is 1. The molecule has 0 saturated heterocycles. The number of hydrogen-bond acceptors (Lipinski definition) is 8. The summed E-state index contributed by atoms with van der Waals surface area (Å²) in [6.07, 6.45) is 1.34. The van der Waals surface area contributed by atoms with Crippen molar-refractivity contribution in [1.29, 1.82) is 0 Å². The molecule has 0 amide bonds. The van der Waals surface area contributed by atoms with Crippen molar-refractivity contribution in [3.8, 4) is 17.4 Å². The fraction of sp³-hybridized carbons (Fsp3) is 0.120. The molecule has 0 atom stereocenters. The Kier molecular flexibility index (Phi) is 5.54. The summed E-state index contributed by atoms with van der Waals surface area (Å²) in [5.41, 5.74) is 4.16. The molecule has 0 fully saturated rings. The molecule has 0 spiro atoms. The number of nitro groups is 1. The van der Waals surface area contributed by atoms with Crippen LogP contribution in [0, 0.1) is 17.0 Å². The number of nitrogens with one attached hydrogen (secondary N) is 1. The molecule has 3 aromatic carbocycles. The van der Waals surface area contributed by atoms with Crippen LogP contribution in [0.5, 0.6) is 17.4 Å². The summed E-state index contributed by atoms with van der Waals surface area (Å²) in [5, 5.41) is 27.5. The van der Waals surface area contributed by atoms with Gasteiger partial charge < -0.3 is 14.6 Å². The van der Waals surface area contributed by atoms with Crippen molar-refractivity contribution < 1.29 is 19.5 Å². The average molecular weight is 472 g/mol. The van der Waals surface area contributed by atoms with E-state index < -0.39 is 4.92 Å². The minimum atomic E-state index is -0.497. The monoisotopic (exact) mass is 472 g/mol. The second kappa shape index (κ2) is 8.82. The highest BCUT2D eigenvalue weighted by Gasteiger charge is 2.18. The number of aryl methyl sites for hydroxylation is 1. The summed E-state index contributed by atoms with van der Waals surface area (Å²) >= 11 is 0. The second-order valence-electron chi connectivity index (χ2n) is 8.01. The molecule has 10 heteroatoms. The third-order valence-electron chi connectivity index (χ3n) is 5.70. The van der Waals surface area contributed by atoms with E-state index in [1.807, 2.05) is 0 Å². The number of nitro benzene ring substituents is 1. The van der Waals surface area contributed by atoms with Gasteiger partial charge >= 0.3 is 0 Å². The van der Waals surface area contributed by atoms with Gasteiger partial charge in [0.05, 0.1) is 23.2 Å². The quantitative estimate of drug-likeness (QED) is 0.245. The maximum absolute atomic E-state index is 13.2. The lowest BCUT2D eigenvalue weighted by Gasteiger charge is -2.14. The van der Waals surface area contributed by atoms with E-state index in [0.29, 0.717) is 27.8 Å². The Balaban J connectivity index is 1.54. The van der Waals surface area contributed by atoms with Crippen LogP contribution < -0.4 is 20.5 Å². The predicted octanol–water partition coefficient (Wildman–Crippen LogP) is 4.15. The summed E-state index contributed by atoms with van der Waals surface area (Å²) < 4.78 is 12.0. The molecule has 0 aliphatic carbocycles. The van der Waals surface area contributed by atoms with Crippen molar-refractivity contribution in [3.63, 3.8) is 0 Å². The molecule has 5 rings (SSSR count). The normalized spacial score (nSPS) is 12.4. The standard InChI is InChI=1S/C25H20N4O6/c1-15-6-8-20(21(10-15)29(32)33)27-26-12-19-17-4-2-3-5-18(17)24(30)28(25(19)31)13-16-7-9-22-23(11-16)35-14-34-22/h2-12,27,31H,13-14H2,1H3. The molecule has 1 aliphatic heterocycles. The lowest BCUT2D eigenvalue weighted by atomic mass is 10.1. The van der Waals surface area contributed by atoms with Crippen molar-refractivity contribution in [2.45, 2.75) is 13.5 Å². The zero-order valence-corrected chi connectivity index (χ0v) is 18.6. The Morgan fingerprint density at radius 3 is 2.69 bits per heavy atom. The van der Waals surface area contributed by atoms with Crippen LogP contribution in [0.25, 0.3) is 10.8 Å². The predicted molar refractivity (Wildman–Crippen MR) is 131 cm³/mol. The first-order chi connectivity index (χ1) is 16.9. The van der Waals surface area contributed by atoms with E-state index in [1.54, 1.807) is 61.5 Å². The van der Waals surface area contributed by atoms with E-state index in [0.717, 1.165) is 11.1 Å². The largest absolute Gasteiger partial charge is 0.494 e. The van der Waals surface area contributed by atoms with Crippen LogP contribution in [0.3, 0.4) is 0 Å². The molecule has 0 bridgehead atoms. The third kappa shape index (κ3) is 4.12. The fourth-order valence-electron chi connectivity index (χ4n) is 3.96. The van der Waals surface area contributed by atoms with Gasteiger partial charge in [0, 0.05) is 16.8 Å². The maximum atomic E-state index is 13.2. The van der Waals surface area contributed by atoms with Gasteiger partial charge in [-0.05, 0) is 42.3 Å². The minimum Gasteiger partial charge on any atom is -0.494 e. The van der Waals surface area contributed by atoms with Gasteiger partial charge in [-0.3, -0.25) is 24.9 Å². The SMILES string of the molecule is Cc1ccc(NN=Cc2c(O)n(Cc3ccc4c(c3)OCO4)c(=O)c3ccccc23)c([N+](=O)[O-])c1. The summed E-state index contributed by atoms with van der Waals surface area (Å²) in [7, 11) is 0. The van der Waals surface area contributed by atoms with Crippen LogP contribution in [-0.4, -0.2) is 27.6 Å². The Morgan fingerprint density at radius 2 is 1.89 bits per heavy atom. The molecule has 1 aromatic heterocycles. The number of hydrazone groups is 1. The summed E-state index contributed by atoms with van der Waals surface area (Å²) in [5.74, 6) is 0.907. The van der Waals surface area contributed by atoms with Gasteiger partial charge in [-0.25, -0.2) is 0 Å². The van der Waals surface area contributed by atoms with Crippen molar-refractivity contribution in [3.05, 3.63) is 97.8 Å². The molecule has 1 aliphatic rings. The van der Waals surface area contributed by atoms with Gasteiger partial charge in [0.25, 0.3) is 11.2 Å². The van der Waals surface area contributed by atoms with Gasteiger partial charge in [0.2, 0.25) is 12.7 Å². The summed E-state index contributed by atoms with van der Waals surface area (Å²) in [6.45, 7) is 1.98. The number of nitrogens with zero attached hydrogens (tertiary/aromatic N) is 3. The Morgan fingerprint density at radius 1 is 1.11 bits per heavy atom. The molecule has 0 radical (unpaired) electrons. The highest BCUT2D eigenvalue weighted by molar-refractivity contribution is 6.01. The fourth-order valence-corrected chi connectivity index (χ4v) is 3.96. The maximum Gasteiger partial charge on any atom is 0.294 e. The molecular weight excluding hydrogens is 452 g/mol. The number of fused-ring (bicyclic) bond motifs is 2. The molecule has 2 N–H and O–H groups in total. The van der Waals surface area contributed by atoms with Crippen LogP contribution in [0.1, 0.15) is 16.7 Å². The topological polar surface area (TPSA) is 128 Å². The first-order valence-electron chi connectivity index (χ1n) is 10.7. The van der Waals surface area contributed by atoms with Crippen LogP contribution in [0.15, 0.2) is 70.6 Å². The van der Waals surface area contributed by atoms with Gasteiger partial charge in [-0.1, -0.05) is 30.3 Å². The highest BCUT2D eigenvalue weighted by atomic mass is 16.7. The third-order valence-corrected chi connectivity index (χ3v) is 5.70. The lowest BCUT2D eigenvalue weighted by molar-refractivity contribution is -0.384. The number of aromatic hydroxyl groups is 1. The van der Waals surface area contributed by atoms with Crippen molar-refractivity contribution in [1.82, 2.24) is 4.57 Å². The number of benzene rings is 3. The molecule has 2 heterocycles. The van der Waals surface area contributed by atoms with Gasteiger partial charge in [0.15, 0.2) is 11.5 Å². The van der Waals surface area contributed by atoms with Crippen molar-refractivity contribution >= 4 is 28.4 Å². The molecule has 176 valence electrons. The summed E-state index contributed by atoms with van der Waals surface area (Å²) in [6, 6.07) is 16.9. The van der Waals surface area contributed by atoms with E-state index in [4.69, 9.17) is 9.47 Å². The highest BCUT2D eigenvalue weighted by Crippen LogP contribution is 2.33. The molecule has 0 unspecified atom stereocenters. The first kappa shape index (κ1) is 22.0. The van der Waals surface area contributed by atoms with Crippen molar-refractivity contribution in [2.75, 3.05) is 12.2 Å². The van der Waals surface area contributed by atoms with Crippen molar-refractivity contribution in [2.24, 2.45) is 5.10 Å². The zero-order valence-electron chi connectivity index (χ0n) is 18.6. The molecule has 10 nitrogen and oxygen atoms in total. The van der Waals surface area contributed by atoms with E-state index in [9.17, 15) is 20.0 Å². The van der Waals surface area contributed by atoms with Gasteiger partial charge in [-0.15, -0.1) is 0 Å². The Labute approximate surface area is 198 Å². The number of anilines is 1. The number of ether oxygens (including phenoxy) is 2. The van der Waals surface area contributed by atoms with E-state index in [-0.39, 0.29) is 36.2 Å². The van der Waals surface area contributed by atoms with Crippen LogP contribution >= 0.6 is 0 Å². The number of rotatable bonds is 6. The Bertz CT molecular complexity index is 1560. The van der Waals surface area contributed by atoms with E-state index in [1.165, 1.54) is 16.8 Å². The average Bonchev–Trinajstić information content (AvgIpc) is 3.32. The van der Waals surface area contributed by atoms with Gasteiger partial charge in [-0.2, -0.15) is 5.10 Å². The number of hydrogen-bond donors (Lipinski definition) is 2. The van der Waals surface area contributed by atoms with Crippen LogP contribution in [-0.2, 0) is 6.54 Å². The first-order valence-corrected chi connectivity index (χ1v) is 10.7. The molecule has 4 aromatic rings. The molecule has 0 saturated carbocycles. The minimum absolute atomic E-state index is 0.0871. The molecular formula is C25H20N4O6. The molecule has 35 heavy (non-hydrogen) atoms. The lowest BCUT2D eigenvalue weighted by Crippen LogP contribution is -2.22. The van der Waals surface area contributed by atoms with Gasteiger partial charge in [0.1, 0.15) is 5.69 Å². The number of pyridine rings is 1. The van der Waals surface area contributed by atoms with E-state index >= 15 is 0 Å². The zero-order chi connectivity index (χ0) is 24.5. The van der Waals surface area contributed by atoms with E-state index in [2.05, 4.69) is 10.5 Å². The second-order valence-corrected chi connectivity index (χ2v) is 8.01. The van der Waals surface area contributed by atoms with Crippen LogP contribution in [0.2, 0.25) is 0 Å². The smallest absolute Gasteiger partial charge is 0.294 e.